The van der Waals surface area contributed by atoms with Crippen molar-refractivity contribution in [2.45, 2.75) is 90.4 Å². The molecule has 0 fully saturated rings. The van der Waals surface area contributed by atoms with Crippen LogP contribution < -0.4 is 0 Å². The summed E-state index contributed by atoms with van der Waals surface area (Å²) >= 11 is 1.85. The summed E-state index contributed by atoms with van der Waals surface area (Å²) < 4.78 is 0. The normalized spacial score (nSPS) is 11.9. The molecule has 2 heteroatoms. The Morgan fingerprint density at radius 1 is 0.947 bits per heavy atom. The van der Waals surface area contributed by atoms with E-state index < -0.39 is 0 Å². The summed E-state index contributed by atoms with van der Waals surface area (Å²) in [6, 6.07) is 0. The van der Waals surface area contributed by atoms with Crippen LogP contribution in [-0.2, 0) is 5.41 Å². The predicted octanol–water partition coefficient (Wildman–Crippen LogP) is 6.34. The van der Waals surface area contributed by atoms with Crippen LogP contribution in [0.25, 0.3) is 0 Å². The molecule has 1 aromatic heterocycles. The summed E-state index contributed by atoms with van der Waals surface area (Å²) in [6.07, 6.45) is 15.5. The number of aromatic nitrogens is 1. The van der Waals surface area contributed by atoms with E-state index in [-0.39, 0.29) is 0 Å². The second-order valence-corrected chi connectivity index (χ2v) is 6.91. The Bertz CT molecular complexity index is 293. The first-order valence-electron chi connectivity index (χ1n) is 8.13. The van der Waals surface area contributed by atoms with Gasteiger partial charge in [0, 0.05) is 17.0 Å². The molecule has 0 saturated carbocycles. The van der Waals surface area contributed by atoms with Crippen molar-refractivity contribution in [3.8, 4) is 0 Å². The molecule has 1 aromatic rings. The van der Waals surface area contributed by atoms with Crippen molar-refractivity contribution in [2.75, 3.05) is 0 Å². The Hall–Kier alpha value is -0.370. The quantitative estimate of drug-likeness (QED) is 0.431. The fraction of sp³-hybridized carbons (Fsp3) is 0.824. The molecule has 1 nitrogen and oxygen atoms in total. The molecule has 0 bridgehead atoms. The van der Waals surface area contributed by atoms with Crippen molar-refractivity contribution >= 4 is 11.3 Å². The maximum atomic E-state index is 4.60. The Morgan fingerprint density at radius 3 is 1.95 bits per heavy atom. The Kier molecular flexibility index (Phi) is 8.36. The van der Waals surface area contributed by atoms with Crippen molar-refractivity contribution in [3.63, 3.8) is 0 Å². The van der Waals surface area contributed by atoms with E-state index in [9.17, 15) is 0 Å². The second-order valence-electron chi connectivity index (χ2n) is 6.02. The SMILES string of the molecule is CCCCCCC(C)(CCCCCC)c1nccs1. The number of rotatable bonds is 11. The highest BCUT2D eigenvalue weighted by Crippen LogP contribution is 2.36. The molecule has 1 heterocycles. The van der Waals surface area contributed by atoms with Crippen LogP contribution >= 0.6 is 11.3 Å². The molecule has 0 N–H and O–H groups in total. The molecule has 1 rings (SSSR count). The van der Waals surface area contributed by atoms with E-state index in [0.29, 0.717) is 5.41 Å². The van der Waals surface area contributed by atoms with Crippen LogP contribution in [0.4, 0.5) is 0 Å². The maximum absolute atomic E-state index is 4.60. The number of hydrogen-bond donors (Lipinski definition) is 0. The number of nitrogens with zero attached hydrogens (tertiary/aromatic N) is 1. The summed E-state index contributed by atoms with van der Waals surface area (Å²) in [6.45, 7) is 7.00. The first-order valence-corrected chi connectivity index (χ1v) is 9.01. The van der Waals surface area contributed by atoms with E-state index in [4.69, 9.17) is 0 Å². The molecule has 110 valence electrons. The van der Waals surface area contributed by atoms with Gasteiger partial charge in [-0.3, -0.25) is 0 Å². The minimum Gasteiger partial charge on any atom is -0.249 e. The number of hydrogen-bond acceptors (Lipinski definition) is 2. The fourth-order valence-electron chi connectivity index (χ4n) is 2.74. The zero-order valence-electron chi connectivity index (χ0n) is 13.1. The largest absolute Gasteiger partial charge is 0.249 e. The molecular weight excluding hydrogens is 250 g/mol. The lowest BCUT2D eigenvalue weighted by Crippen LogP contribution is -2.21. The van der Waals surface area contributed by atoms with Gasteiger partial charge in [0.1, 0.15) is 0 Å². The fourth-order valence-corrected chi connectivity index (χ4v) is 3.61. The standard InChI is InChI=1S/C17H31NS/c1-4-6-8-10-12-17(3,13-11-9-7-5-2)16-18-14-15-19-16/h14-15H,4-13H2,1-3H3. The van der Waals surface area contributed by atoms with Gasteiger partial charge in [0.2, 0.25) is 0 Å². The summed E-state index contributed by atoms with van der Waals surface area (Å²) in [5, 5.41) is 3.49. The molecule has 0 saturated heterocycles. The van der Waals surface area contributed by atoms with Gasteiger partial charge >= 0.3 is 0 Å². The molecule has 0 aliphatic heterocycles. The van der Waals surface area contributed by atoms with Crippen LogP contribution in [0.15, 0.2) is 11.6 Å². The molecule has 19 heavy (non-hydrogen) atoms. The summed E-state index contributed by atoms with van der Waals surface area (Å²) in [7, 11) is 0. The van der Waals surface area contributed by atoms with E-state index in [2.05, 4.69) is 31.1 Å². The zero-order valence-corrected chi connectivity index (χ0v) is 13.9. The highest BCUT2D eigenvalue weighted by Gasteiger charge is 2.28. The average molecular weight is 282 g/mol. The molecule has 0 aliphatic carbocycles. The first-order chi connectivity index (χ1) is 9.23. The molecular formula is C17H31NS. The lowest BCUT2D eigenvalue weighted by molar-refractivity contribution is 0.363. The van der Waals surface area contributed by atoms with Crippen LogP contribution in [0.1, 0.15) is 90.0 Å². The Balaban J connectivity index is 2.47. The molecule has 0 unspecified atom stereocenters. The Labute approximate surface area is 123 Å². The lowest BCUT2D eigenvalue weighted by Gasteiger charge is -2.27. The van der Waals surface area contributed by atoms with Gasteiger partial charge in [0.05, 0.1) is 5.01 Å². The third-order valence-corrected chi connectivity index (χ3v) is 5.19. The van der Waals surface area contributed by atoms with Gasteiger partial charge in [0.25, 0.3) is 0 Å². The first kappa shape index (κ1) is 16.7. The van der Waals surface area contributed by atoms with E-state index in [0.717, 1.165) is 0 Å². The summed E-state index contributed by atoms with van der Waals surface area (Å²) in [5.74, 6) is 0. The average Bonchev–Trinajstić information content (AvgIpc) is 2.95. The molecule has 0 spiro atoms. The topological polar surface area (TPSA) is 12.9 Å². The van der Waals surface area contributed by atoms with Crippen molar-refractivity contribution in [2.24, 2.45) is 0 Å². The van der Waals surface area contributed by atoms with Gasteiger partial charge in [-0.05, 0) is 12.8 Å². The number of thiazole rings is 1. The summed E-state index contributed by atoms with van der Waals surface area (Å²) in [5.41, 5.74) is 0.329. The van der Waals surface area contributed by atoms with Gasteiger partial charge in [-0.15, -0.1) is 11.3 Å². The molecule has 0 aliphatic rings. The van der Waals surface area contributed by atoms with Crippen molar-refractivity contribution in [1.29, 1.82) is 0 Å². The monoisotopic (exact) mass is 281 g/mol. The highest BCUT2D eigenvalue weighted by molar-refractivity contribution is 7.09. The second kappa shape index (κ2) is 9.52. The van der Waals surface area contributed by atoms with Crippen molar-refractivity contribution < 1.29 is 0 Å². The molecule has 0 atom stereocenters. The van der Waals surface area contributed by atoms with Crippen LogP contribution in [0, 0.1) is 0 Å². The smallest absolute Gasteiger partial charge is 0.0983 e. The Morgan fingerprint density at radius 2 is 1.53 bits per heavy atom. The van der Waals surface area contributed by atoms with Crippen LogP contribution in [0.2, 0.25) is 0 Å². The van der Waals surface area contributed by atoms with Gasteiger partial charge in [-0.1, -0.05) is 72.1 Å². The lowest BCUT2D eigenvalue weighted by atomic mass is 9.80. The minimum atomic E-state index is 0.329. The zero-order chi connectivity index (χ0) is 14.0. The number of unbranched alkanes of at least 4 members (excludes halogenated alkanes) is 6. The van der Waals surface area contributed by atoms with Crippen LogP contribution in [-0.4, -0.2) is 4.98 Å². The molecule has 0 radical (unpaired) electrons. The molecule has 0 amide bonds. The van der Waals surface area contributed by atoms with Crippen LogP contribution in [0.3, 0.4) is 0 Å². The van der Waals surface area contributed by atoms with E-state index >= 15 is 0 Å². The van der Waals surface area contributed by atoms with Crippen LogP contribution in [0.5, 0.6) is 0 Å². The van der Waals surface area contributed by atoms with Crippen molar-refractivity contribution in [1.82, 2.24) is 4.98 Å². The van der Waals surface area contributed by atoms with Gasteiger partial charge < -0.3 is 0 Å². The van der Waals surface area contributed by atoms with Gasteiger partial charge in [0.15, 0.2) is 0 Å². The van der Waals surface area contributed by atoms with E-state index in [1.807, 2.05) is 17.5 Å². The predicted molar refractivity (Wildman–Crippen MR) is 87.0 cm³/mol. The summed E-state index contributed by atoms with van der Waals surface area (Å²) in [4.78, 5) is 4.60. The van der Waals surface area contributed by atoms with Gasteiger partial charge in [-0.2, -0.15) is 0 Å². The van der Waals surface area contributed by atoms with Crippen molar-refractivity contribution in [3.05, 3.63) is 16.6 Å². The third-order valence-electron chi connectivity index (χ3n) is 4.11. The van der Waals surface area contributed by atoms with E-state index in [1.165, 1.54) is 69.2 Å². The maximum Gasteiger partial charge on any atom is 0.0983 e. The third kappa shape index (κ3) is 6.07. The molecule has 0 aromatic carbocycles. The van der Waals surface area contributed by atoms with Gasteiger partial charge in [-0.25, -0.2) is 4.98 Å². The highest BCUT2D eigenvalue weighted by atomic mass is 32.1. The van der Waals surface area contributed by atoms with E-state index in [1.54, 1.807) is 0 Å². The minimum absolute atomic E-state index is 0.329.